The molecule has 4 rings (SSSR count). The summed E-state index contributed by atoms with van der Waals surface area (Å²) in [5, 5.41) is 12.4. The number of ether oxygens (including phenoxy) is 1. The second kappa shape index (κ2) is 11.5. The van der Waals surface area contributed by atoms with Gasteiger partial charge in [0, 0.05) is 24.5 Å². The molecule has 0 radical (unpaired) electrons. The van der Waals surface area contributed by atoms with E-state index in [-0.39, 0.29) is 12.5 Å². The van der Waals surface area contributed by atoms with Gasteiger partial charge in [-0.25, -0.2) is 0 Å². The molecular weight excluding hydrogens is 462 g/mol. The zero-order valence-electron chi connectivity index (χ0n) is 22.7. The third-order valence-electron chi connectivity index (χ3n) is 6.96. The van der Waals surface area contributed by atoms with E-state index in [4.69, 9.17) is 14.9 Å². The van der Waals surface area contributed by atoms with Gasteiger partial charge >= 0.3 is 0 Å². The summed E-state index contributed by atoms with van der Waals surface area (Å²) >= 11 is 0. The largest absolute Gasteiger partial charge is 0.484 e. The van der Waals surface area contributed by atoms with Crippen LogP contribution in [0.25, 0.3) is 16.7 Å². The molecule has 7 heteroatoms. The summed E-state index contributed by atoms with van der Waals surface area (Å²) in [6.07, 6.45) is 1.09. The van der Waals surface area contributed by atoms with Gasteiger partial charge in [0.25, 0.3) is 5.91 Å². The third kappa shape index (κ3) is 5.93. The summed E-state index contributed by atoms with van der Waals surface area (Å²) in [5.41, 5.74) is 7.61. The van der Waals surface area contributed by atoms with E-state index in [1.807, 2.05) is 31.2 Å². The summed E-state index contributed by atoms with van der Waals surface area (Å²) < 4.78 is 5.71. The number of hydrogen-bond acceptors (Lipinski definition) is 5. The zero-order chi connectivity index (χ0) is 26.5. The Morgan fingerprint density at radius 3 is 2.24 bits per heavy atom. The Balaban J connectivity index is 1.46. The van der Waals surface area contributed by atoms with Crippen molar-refractivity contribution in [3.8, 4) is 11.4 Å². The van der Waals surface area contributed by atoms with Gasteiger partial charge in [-0.2, -0.15) is 4.80 Å². The molecule has 0 aliphatic carbocycles. The maximum Gasteiger partial charge on any atom is 0.262 e. The molecule has 3 aromatic carbocycles. The number of anilines is 2. The molecule has 37 heavy (non-hydrogen) atoms. The van der Waals surface area contributed by atoms with Gasteiger partial charge in [-0.3, -0.25) is 4.79 Å². The monoisotopic (exact) mass is 499 g/mol. The van der Waals surface area contributed by atoms with Gasteiger partial charge in [0.2, 0.25) is 0 Å². The minimum atomic E-state index is -0.219. The third-order valence-corrected chi connectivity index (χ3v) is 6.96. The molecule has 7 nitrogen and oxygen atoms in total. The van der Waals surface area contributed by atoms with Gasteiger partial charge in [-0.15, -0.1) is 10.2 Å². The Bertz CT molecular complexity index is 1370. The van der Waals surface area contributed by atoms with Crippen molar-refractivity contribution in [3.05, 3.63) is 71.3 Å². The molecule has 0 spiro atoms. The van der Waals surface area contributed by atoms with Gasteiger partial charge in [0.05, 0.1) is 5.69 Å². The predicted molar refractivity (Wildman–Crippen MR) is 151 cm³/mol. The van der Waals surface area contributed by atoms with Gasteiger partial charge in [-0.1, -0.05) is 26.0 Å². The number of rotatable bonds is 10. The van der Waals surface area contributed by atoms with Crippen molar-refractivity contribution < 1.29 is 9.53 Å². The Kier molecular flexibility index (Phi) is 8.11. The van der Waals surface area contributed by atoms with E-state index in [2.05, 4.69) is 75.2 Å². The highest BCUT2D eigenvalue weighted by atomic mass is 16.5. The molecule has 1 aromatic heterocycles. The van der Waals surface area contributed by atoms with Gasteiger partial charge < -0.3 is 15.0 Å². The SMILES string of the molecule is CCC(C)c1ccc(OCC(=O)Nc2cc3nn(-c4ccc(N(CC)CC)cc4C)nc3cc2C)cc1. The quantitative estimate of drug-likeness (QED) is 0.273. The van der Waals surface area contributed by atoms with Crippen LogP contribution in [0.1, 0.15) is 56.7 Å². The molecule has 1 heterocycles. The van der Waals surface area contributed by atoms with E-state index in [1.165, 1.54) is 11.3 Å². The number of amides is 1. The van der Waals surface area contributed by atoms with Crippen LogP contribution >= 0.6 is 0 Å². The minimum absolute atomic E-state index is 0.0646. The Labute approximate surface area is 219 Å². The van der Waals surface area contributed by atoms with Crippen molar-refractivity contribution in [3.63, 3.8) is 0 Å². The number of nitrogens with zero attached hydrogens (tertiary/aromatic N) is 4. The number of carbonyl (C=O) groups excluding carboxylic acids is 1. The first-order chi connectivity index (χ1) is 17.8. The Morgan fingerprint density at radius 2 is 1.62 bits per heavy atom. The van der Waals surface area contributed by atoms with Crippen molar-refractivity contribution in [1.82, 2.24) is 15.0 Å². The molecule has 4 aromatic rings. The molecular formula is C30H37N5O2. The van der Waals surface area contributed by atoms with Gasteiger partial charge in [0.1, 0.15) is 16.8 Å². The fraction of sp³-hybridized carbons (Fsp3) is 0.367. The molecule has 0 aliphatic heterocycles. The Morgan fingerprint density at radius 1 is 0.946 bits per heavy atom. The molecule has 1 amide bonds. The highest BCUT2D eigenvalue weighted by molar-refractivity contribution is 5.95. The van der Waals surface area contributed by atoms with Gasteiger partial charge in [-0.05, 0) is 99.2 Å². The molecule has 1 unspecified atom stereocenters. The number of nitrogens with one attached hydrogen (secondary N) is 1. The van der Waals surface area contributed by atoms with Crippen molar-refractivity contribution in [2.45, 2.75) is 53.9 Å². The average molecular weight is 500 g/mol. The van der Waals surface area contributed by atoms with Crippen molar-refractivity contribution >= 4 is 28.3 Å². The lowest BCUT2D eigenvalue weighted by Gasteiger charge is -2.22. The number of fused-ring (bicyclic) bond motifs is 1. The molecule has 0 saturated heterocycles. The van der Waals surface area contributed by atoms with Crippen LogP contribution in [-0.4, -0.2) is 40.6 Å². The smallest absolute Gasteiger partial charge is 0.262 e. The molecule has 0 bridgehead atoms. The highest BCUT2D eigenvalue weighted by Gasteiger charge is 2.13. The predicted octanol–water partition coefficient (Wildman–Crippen LogP) is 6.41. The standard InChI is InChI=1S/C30H37N5O2/c1-7-20(4)23-10-13-25(14-11-23)37-19-30(36)31-26-18-28-27(17-21(26)5)32-35(33-28)29-15-12-24(16-22(29)6)34(8-2)9-3/h10-18,20H,7-9,19H2,1-6H3,(H,31,36). The van der Waals surface area contributed by atoms with Crippen LogP contribution in [0.3, 0.4) is 0 Å². The number of aromatic nitrogens is 3. The first-order valence-electron chi connectivity index (χ1n) is 13.1. The lowest BCUT2D eigenvalue weighted by molar-refractivity contribution is -0.118. The fourth-order valence-electron chi connectivity index (χ4n) is 4.42. The summed E-state index contributed by atoms with van der Waals surface area (Å²) in [4.78, 5) is 16.6. The van der Waals surface area contributed by atoms with E-state index in [0.29, 0.717) is 17.4 Å². The van der Waals surface area contributed by atoms with Gasteiger partial charge in [0.15, 0.2) is 6.61 Å². The maximum atomic E-state index is 12.6. The van der Waals surface area contributed by atoms with Crippen LogP contribution in [0.4, 0.5) is 11.4 Å². The number of aryl methyl sites for hydroxylation is 2. The van der Waals surface area contributed by atoms with Crippen LogP contribution in [0.15, 0.2) is 54.6 Å². The van der Waals surface area contributed by atoms with E-state index >= 15 is 0 Å². The second-order valence-corrected chi connectivity index (χ2v) is 9.50. The summed E-state index contributed by atoms with van der Waals surface area (Å²) in [7, 11) is 0. The molecule has 0 aliphatic rings. The molecule has 1 atom stereocenters. The van der Waals surface area contributed by atoms with Crippen molar-refractivity contribution in [2.75, 3.05) is 29.9 Å². The van der Waals surface area contributed by atoms with Crippen LogP contribution in [0, 0.1) is 13.8 Å². The van der Waals surface area contributed by atoms with E-state index < -0.39 is 0 Å². The highest BCUT2D eigenvalue weighted by Crippen LogP contribution is 2.25. The normalized spacial score (nSPS) is 11.9. The lowest BCUT2D eigenvalue weighted by Crippen LogP contribution is -2.21. The van der Waals surface area contributed by atoms with Crippen LogP contribution in [0.5, 0.6) is 5.75 Å². The second-order valence-electron chi connectivity index (χ2n) is 9.50. The molecule has 1 N–H and O–H groups in total. The zero-order valence-corrected chi connectivity index (χ0v) is 22.7. The topological polar surface area (TPSA) is 72.3 Å². The Hall–Kier alpha value is -3.87. The fourth-order valence-corrected chi connectivity index (χ4v) is 4.42. The molecule has 194 valence electrons. The van der Waals surface area contributed by atoms with Crippen molar-refractivity contribution in [1.29, 1.82) is 0 Å². The number of hydrogen-bond donors (Lipinski definition) is 1. The van der Waals surface area contributed by atoms with Crippen LogP contribution < -0.4 is 15.0 Å². The van der Waals surface area contributed by atoms with Crippen LogP contribution in [0.2, 0.25) is 0 Å². The summed E-state index contributed by atoms with van der Waals surface area (Å²) in [6, 6.07) is 18.1. The molecule has 0 fully saturated rings. The maximum absolute atomic E-state index is 12.6. The number of carbonyl (C=O) groups is 1. The summed E-state index contributed by atoms with van der Waals surface area (Å²) in [6.45, 7) is 14.6. The van der Waals surface area contributed by atoms with Crippen molar-refractivity contribution in [2.24, 2.45) is 0 Å². The average Bonchev–Trinajstić information content (AvgIpc) is 3.30. The first kappa shape index (κ1) is 26.2. The lowest BCUT2D eigenvalue weighted by atomic mass is 9.99. The summed E-state index contributed by atoms with van der Waals surface area (Å²) in [5.74, 6) is 0.965. The van der Waals surface area contributed by atoms with E-state index in [9.17, 15) is 4.79 Å². The van der Waals surface area contributed by atoms with E-state index in [1.54, 1.807) is 4.80 Å². The first-order valence-corrected chi connectivity index (χ1v) is 13.1. The van der Waals surface area contributed by atoms with Crippen LogP contribution in [-0.2, 0) is 4.79 Å². The van der Waals surface area contributed by atoms with E-state index in [0.717, 1.165) is 47.4 Å². The number of benzene rings is 3. The minimum Gasteiger partial charge on any atom is -0.484 e. The molecule has 0 saturated carbocycles.